The summed E-state index contributed by atoms with van der Waals surface area (Å²) in [7, 11) is -3.69. The molecule has 0 amide bonds. The van der Waals surface area contributed by atoms with Gasteiger partial charge in [-0.1, -0.05) is 55.8 Å². The van der Waals surface area contributed by atoms with Crippen LogP contribution in [0.5, 0.6) is 0 Å². The third-order valence-electron chi connectivity index (χ3n) is 6.01. The molecule has 0 aromatic heterocycles. The van der Waals surface area contributed by atoms with Gasteiger partial charge in [-0.3, -0.25) is 4.79 Å². The molecule has 0 radical (unpaired) electrons. The highest BCUT2D eigenvalue weighted by molar-refractivity contribution is 7.88. The molecule has 2 aromatic carbocycles. The lowest BCUT2D eigenvalue weighted by atomic mass is 9.95. The molecule has 3 unspecified atom stereocenters. The number of hydrogen-bond acceptors (Lipinski definition) is 6. The second-order valence-corrected chi connectivity index (χ2v) is 10.2. The number of sulfonamides is 1. The van der Waals surface area contributed by atoms with Crippen molar-refractivity contribution in [3.8, 4) is 0 Å². The lowest BCUT2D eigenvalue weighted by Gasteiger charge is -2.25. The van der Waals surface area contributed by atoms with E-state index in [1.54, 1.807) is 24.3 Å². The number of fused-ring (bicyclic) bond motifs is 1. The molecule has 0 aliphatic carbocycles. The third kappa shape index (κ3) is 4.71. The summed E-state index contributed by atoms with van der Waals surface area (Å²) in [5, 5.41) is 0. The molecule has 2 saturated heterocycles. The molecule has 7 nitrogen and oxygen atoms in total. The fourth-order valence-corrected chi connectivity index (χ4v) is 6.34. The molecule has 0 saturated carbocycles. The van der Waals surface area contributed by atoms with Crippen LogP contribution in [0, 0.1) is 5.92 Å². The van der Waals surface area contributed by atoms with Crippen LogP contribution in [0.15, 0.2) is 54.6 Å². The van der Waals surface area contributed by atoms with Crippen LogP contribution in [0.2, 0.25) is 0 Å². The van der Waals surface area contributed by atoms with Crippen LogP contribution in [0.4, 0.5) is 0 Å². The second kappa shape index (κ2) is 9.42. The Bertz CT molecular complexity index is 1080. The second-order valence-electron chi connectivity index (χ2n) is 8.28. The normalized spacial score (nSPS) is 23.0. The first-order valence-electron chi connectivity index (χ1n) is 10.9. The van der Waals surface area contributed by atoms with E-state index in [0.717, 1.165) is 12.0 Å². The Morgan fingerprint density at radius 2 is 1.88 bits per heavy atom. The predicted molar refractivity (Wildman–Crippen MR) is 118 cm³/mol. The Morgan fingerprint density at radius 3 is 2.62 bits per heavy atom. The summed E-state index contributed by atoms with van der Waals surface area (Å²) in [6, 6.07) is 15.4. The number of carbonyl (C=O) groups excluding carboxylic acids is 2. The monoisotopic (exact) mass is 457 g/mol. The fourth-order valence-electron chi connectivity index (χ4n) is 4.54. The summed E-state index contributed by atoms with van der Waals surface area (Å²) in [5.41, 5.74) is 1.68. The summed E-state index contributed by atoms with van der Waals surface area (Å²) < 4.78 is 38.7. The van der Waals surface area contributed by atoms with Crippen molar-refractivity contribution < 1.29 is 27.5 Å². The highest BCUT2D eigenvalue weighted by atomic mass is 32.2. The van der Waals surface area contributed by atoms with Crippen LogP contribution in [0.3, 0.4) is 0 Å². The van der Waals surface area contributed by atoms with Crippen LogP contribution >= 0.6 is 0 Å². The van der Waals surface area contributed by atoms with Crippen molar-refractivity contribution in [1.29, 1.82) is 0 Å². The molecular weight excluding hydrogens is 430 g/mol. The molecule has 8 heteroatoms. The molecular formula is C24H27NO6S. The standard InChI is InChI=1S/C24H27NO6S/c1-2-7-20-22-21(31-24(20)27)12-13-25(22)32(28,29)16-18-10-6-11-19(14-18)23(26)30-15-17-8-4-3-5-9-17/h3-6,8-11,14,20-22H,2,7,12-13,15-16H2,1H3. The van der Waals surface area contributed by atoms with Gasteiger partial charge < -0.3 is 9.47 Å². The first kappa shape index (κ1) is 22.5. The van der Waals surface area contributed by atoms with Gasteiger partial charge in [0.1, 0.15) is 12.7 Å². The smallest absolute Gasteiger partial charge is 0.338 e. The first-order valence-corrected chi connectivity index (χ1v) is 12.5. The van der Waals surface area contributed by atoms with Crippen molar-refractivity contribution in [1.82, 2.24) is 4.31 Å². The van der Waals surface area contributed by atoms with Gasteiger partial charge in [0.2, 0.25) is 10.0 Å². The number of carbonyl (C=O) groups is 2. The minimum atomic E-state index is -3.69. The van der Waals surface area contributed by atoms with Gasteiger partial charge in [0, 0.05) is 6.54 Å². The lowest BCUT2D eigenvalue weighted by molar-refractivity contribution is -0.144. The Kier molecular flexibility index (Phi) is 6.62. The van der Waals surface area contributed by atoms with Crippen molar-refractivity contribution in [2.45, 2.75) is 50.7 Å². The Morgan fingerprint density at radius 1 is 1.12 bits per heavy atom. The summed E-state index contributed by atoms with van der Waals surface area (Å²) in [4.78, 5) is 24.7. The maximum atomic E-state index is 13.2. The van der Waals surface area contributed by atoms with Crippen LogP contribution in [0.1, 0.15) is 47.7 Å². The third-order valence-corrected chi connectivity index (χ3v) is 7.85. The van der Waals surface area contributed by atoms with Gasteiger partial charge in [-0.15, -0.1) is 0 Å². The first-order chi connectivity index (χ1) is 15.4. The molecule has 3 atom stereocenters. The Labute approximate surface area is 188 Å². The van der Waals surface area contributed by atoms with Crippen molar-refractivity contribution in [2.24, 2.45) is 5.92 Å². The van der Waals surface area contributed by atoms with E-state index in [0.29, 0.717) is 30.5 Å². The average Bonchev–Trinajstić information content (AvgIpc) is 3.32. The van der Waals surface area contributed by atoms with Crippen molar-refractivity contribution in [3.63, 3.8) is 0 Å². The maximum Gasteiger partial charge on any atom is 0.338 e. The highest BCUT2D eigenvalue weighted by Crippen LogP contribution is 2.38. The van der Waals surface area contributed by atoms with Crippen LogP contribution < -0.4 is 0 Å². The number of nitrogens with zero attached hydrogens (tertiary/aromatic N) is 1. The molecule has 2 heterocycles. The van der Waals surface area contributed by atoms with E-state index in [9.17, 15) is 18.0 Å². The molecule has 0 N–H and O–H groups in total. The molecule has 2 fully saturated rings. The zero-order chi connectivity index (χ0) is 22.7. The zero-order valence-corrected chi connectivity index (χ0v) is 18.8. The average molecular weight is 458 g/mol. The molecule has 2 aliphatic rings. The molecule has 170 valence electrons. The number of rotatable bonds is 8. The van der Waals surface area contributed by atoms with Crippen molar-refractivity contribution in [2.75, 3.05) is 6.54 Å². The van der Waals surface area contributed by atoms with E-state index in [-0.39, 0.29) is 24.4 Å². The quantitative estimate of drug-likeness (QED) is 0.565. The summed E-state index contributed by atoms with van der Waals surface area (Å²) in [5.74, 6) is -1.47. The topological polar surface area (TPSA) is 90.0 Å². The molecule has 2 aromatic rings. The minimum absolute atomic E-state index is 0.145. The van der Waals surface area contributed by atoms with Gasteiger partial charge in [-0.2, -0.15) is 4.31 Å². The number of hydrogen-bond donors (Lipinski definition) is 0. The largest absolute Gasteiger partial charge is 0.460 e. The van der Waals surface area contributed by atoms with E-state index < -0.39 is 28.0 Å². The number of ether oxygens (including phenoxy) is 2. The van der Waals surface area contributed by atoms with Crippen LogP contribution in [-0.4, -0.2) is 43.4 Å². The summed E-state index contributed by atoms with van der Waals surface area (Å²) in [6.07, 6.45) is 1.54. The number of esters is 2. The van der Waals surface area contributed by atoms with E-state index >= 15 is 0 Å². The van der Waals surface area contributed by atoms with Gasteiger partial charge >= 0.3 is 11.9 Å². The van der Waals surface area contributed by atoms with E-state index in [2.05, 4.69) is 0 Å². The molecule has 0 bridgehead atoms. The zero-order valence-electron chi connectivity index (χ0n) is 18.0. The molecule has 4 rings (SSSR count). The Hall–Kier alpha value is -2.71. The van der Waals surface area contributed by atoms with E-state index in [1.165, 1.54) is 4.31 Å². The van der Waals surface area contributed by atoms with Crippen molar-refractivity contribution >= 4 is 22.0 Å². The van der Waals surface area contributed by atoms with E-state index in [1.807, 2.05) is 37.3 Å². The minimum Gasteiger partial charge on any atom is -0.460 e. The van der Waals surface area contributed by atoms with Gasteiger partial charge in [0.05, 0.1) is 23.3 Å². The summed E-state index contributed by atoms with van der Waals surface area (Å²) in [6.45, 7) is 2.45. The Balaban J connectivity index is 1.45. The maximum absolute atomic E-state index is 13.2. The molecule has 0 spiro atoms. The van der Waals surface area contributed by atoms with Gasteiger partial charge in [0.15, 0.2) is 0 Å². The fraction of sp³-hybridized carbons (Fsp3) is 0.417. The highest BCUT2D eigenvalue weighted by Gasteiger charge is 2.53. The lowest BCUT2D eigenvalue weighted by Crippen LogP contribution is -2.42. The molecule has 32 heavy (non-hydrogen) atoms. The predicted octanol–water partition coefficient (Wildman–Crippen LogP) is 3.29. The van der Waals surface area contributed by atoms with Crippen molar-refractivity contribution in [3.05, 3.63) is 71.3 Å². The SMILES string of the molecule is CCCC1C(=O)OC2CCN(S(=O)(=O)Cc3cccc(C(=O)OCc4ccccc4)c3)C21. The van der Waals surface area contributed by atoms with E-state index in [4.69, 9.17) is 9.47 Å². The summed E-state index contributed by atoms with van der Waals surface area (Å²) >= 11 is 0. The van der Waals surface area contributed by atoms with Gasteiger partial charge in [-0.05, 0) is 36.1 Å². The van der Waals surface area contributed by atoms with Gasteiger partial charge in [0.25, 0.3) is 0 Å². The van der Waals surface area contributed by atoms with Crippen LogP contribution in [-0.2, 0) is 36.7 Å². The van der Waals surface area contributed by atoms with Gasteiger partial charge in [-0.25, -0.2) is 13.2 Å². The van der Waals surface area contributed by atoms with Crippen LogP contribution in [0.25, 0.3) is 0 Å². The molecule has 2 aliphatic heterocycles. The number of benzene rings is 2.